The van der Waals surface area contributed by atoms with Crippen LogP contribution in [0.5, 0.6) is 11.5 Å². The van der Waals surface area contributed by atoms with Crippen molar-refractivity contribution in [2.75, 3.05) is 20.0 Å². The zero-order valence-electron chi connectivity index (χ0n) is 11.7. The number of ether oxygens (including phenoxy) is 2. The Morgan fingerprint density at radius 3 is 2.68 bits per heavy atom. The van der Waals surface area contributed by atoms with Crippen molar-refractivity contribution < 1.29 is 18.9 Å². The van der Waals surface area contributed by atoms with Crippen LogP contribution in [0.2, 0.25) is 0 Å². The first-order valence-corrected chi connectivity index (χ1v) is 6.69. The first-order chi connectivity index (χ1) is 10.6. The molecule has 9 nitrogen and oxygen atoms in total. The summed E-state index contributed by atoms with van der Waals surface area (Å²) in [6, 6.07) is 3.42. The predicted molar refractivity (Wildman–Crippen MR) is 81.0 cm³/mol. The van der Waals surface area contributed by atoms with E-state index in [1.165, 1.54) is 20.4 Å². The molecule has 0 aliphatic rings. The van der Waals surface area contributed by atoms with Crippen LogP contribution in [0.25, 0.3) is 0 Å². The minimum atomic E-state index is -0.641. The molecule has 0 spiro atoms. The van der Waals surface area contributed by atoms with Gasteiger partial charge in [-0.1, -0.05) is 0 Å². The molecular weight excluding hydrogens is 358 g/mol. The molecule has 3 N–H and O–H groups in total. The molecule has 22 heavy (non-hydrogen) atoms. The van der Waals surface area contributed by atoms with Crippen molar-refractivity contribution in [3.8, 4) is 11.5 Å². The predicted octanol–water partition coefficient (Wildman–Crippen LogP) is 1.20. The van der Waals surface area contributed by atoms with Crippen LogP contribution in [-0.2, 0) is 0 Å². The molecule has 0 aliphatic heterocycles. The fraction of sp³-hybridized carbons (Fsp3) is 0.167. The standard InChI is InChI=1S/C12H12BrN5O4/c1-20-8-4-7(13)9(21-2)3-6(8)5-15-16-12(19)10-11(14)18-22-17-10/h3-5H,1-2H3,(H2,14,18)(H,16,19)/b15-5+. The van der Waals surface area contributed by atoms with E-state index in [4.69, 9.17) is 15.2 Å². The van der Waals surface area contributed by atoms with E-state index in [1.807, 2.05) is 0 Å². The number of aromatic nitrogens is 2. The number of methoxy groups -OCH3 is 2. The van der Waals surface area contributed by atoms with Gasteiger partial charge in [0.25, 0.3) is 5.91 Å². The lowest BCUT2D eigenvalue weighted by Crippen LogP contribution is -2.19. The maximum Gasteiger partial charge on any atom is 0.297 e. The van der Waals surface area contributed by atoms with Crippen molar-refractivity contribution >= 4 is 33.9 Å². The summed E-state index contributed by atoms with van der Waals surface area (Å²) in [6.45, 7) is 0. The number of nitrogens with two attached hydrogens (primary N) is 1. The molecule has 1 aromatic carbocycles. The van der Waals surface area contributed by atoms with Crippen LogP contribution in [0.1, 0.15) is 16.1 Å². The van der Waals surface area contributed by atoms with Crippen LogP contribution in [0.4, 0.5) is 5.82 Å². The van der Waals surface area contributed by atoms with Gasteiger partial charge in [0.2, 0.25) is 11.5 Å². The molecule has 0 bridgehead atoms. The first-order valence-electron chi connectivity index (χ1n) is 5.89. The number of amides is 1. The van der Waals surface area contributed by atoms with E-state index in [9.17, 15) is 4.79 Å². The van der Waals surface area contributed by atoms with Gasteiger partial charge < -0.3 is 15.2 Å². The normalized spacial score (nSPS) is 10.7. The highest BCUT2D eigenvalue weighted by Crippen LogP contribution is 2.31. The van der Waals surface area contributed by atoms with Crippen LogP contribution in [0.15, 0.2) is 26.3 Å². The quantitative estimate of drug-likeness (QED) is 0.598. The molecule has 0 atom stereocenters. The Labute approximate surface area is 133 Å². The van der Waals surface area contributed by atoms with Crippen LogP contribution < -0.4 is 20.6 Å². The summed E-state index contributed by atoms with van der Waals surface area (Å²) in [4.78, 5) is 11.7. The van der Waals surface area contributed by atoms with Crippen molar-refractivity contribution in [2.45, 2.75) is 0 Å². The van der Waals surface area contributed by atoms with Gasteiger partial charge in [-0.05, 0) is 38.4 Å². The molecule has 1 aromatic heterocycles. The van der Waals surface area contributed by atoms with E-state index >= 15 is 0 Å². The minimum absolute atomic E-state index is 0.115. The van der Waals surface area contributed by atoms with Crippen molar-refractivity contribution in [3.63, 3.8) is 0 Å². The van der Waals surface area contributed by atoms with E-state index < -0.39 is 5.91 Å². The third-order valence-corrected chi connectivity index (χ3v) is 3.22. The van der Waals surface area contributed by atoms with Crippen molar-refractivity contribution in [3.05, 3.63) is 27.9 Å². The lowest BCUT2D eigenvalue weighted by Gasteiger charge is -2.09. The second-order valence-electron chi connectivity index (χ2n) is 3.93. The molecule has 0 fully saturated rings. The van der Waals surface area contributed by atoms with Gasteiger partial charge in [-0.3, -0.25) is 4.79 Å². The second kappa shape index (κ2) is 6.89. The molecular formula is C12H12BrN5O4. The zero-order valence-corrected chi connectivity index (χ0v) is 13.2. The topological polar surface area (TPSA) is 125 Å². The summed E-state index contributed by atoms with van der Waals surface area (Å²) in [5.41, 5.74) is 8.12. The molecule has 2 aromatic rings. The third kappa shape index (κ3) is 3.34. The molecule has 0 saturated carbocycles. The Morgan fingerprint density at radius 2 is 2.09 bits per heavy atom. The molecule has 0 radical (unpaired) electrons. The average Bonchev–Trinajstić information content (AvgIpc) is 2.94. The number of nitrogens with one attached hydrogen (secondary N) is 1. The lowest BCUT2D eigenvalue weighted by molar-refractivity contribution is 0.0946. The molecule has 0 saturated heterocycles. The molecule has 2 rings (SSSR count). The summed E-state index contributed by atoms with van der Waals surface area (Å²) >= 11 is 3.35. The maximum absolute atomic E-state index is 11.7. The fourth-order valence-electron chi connectivity index (χ4n) is 1.55. The minimum Gasteiger partial charge on any atom is -0.496 e. The van der Waals surface area contributed by atoms with Gasteiger partial charge in [-0.2, -0.15) is 5.10 Å². The average molecular weight is 370 g/mol. The fourth-order valence-corrected chi connectivity index (χ4v) is 2.04. The van der Waals surface area contributed by atoms with E-state index in [0.29, 0.717) is 17.1 Å². The van der Waals surface area contributed by atoms with Gasteiger partial charge in [-0.25, -0.2) is 10.1 Å². The number of hydrogen-bond donors (Lipinski definition) is 2. The number of rotatable bonds is 5. The molecule has 116 valence electrons. The van der Waals surface area contributed by atoms with Crippen molar-refractivity contribution in [1.29, 1.82) is 0 Å². The monoisotopic (exact) mass is 369 g/mol. The highest BCUT2D eigenvalue weighted by molar-refractivity contribution is 9.10. The van der Waals surface area contributed by atoms with Gasteiger partial charge in [-0.15, -0.1) is 0 Å². The van der Waals surface area contributed by atoms with Crippen LogP contribution in [0.3, 0.4) is 0 Å². The van der Waals surface area contributed by atoms with Crippen molar-refractivity contribution in [1.82, 2.24) is 15.7 Å². The summed E-state index contributed by atoms with van der Waals surface area (Å²) in [5, 5.41) is 10.5. The number of carbonyl (C=O) groups excluding carboxylic acids is 1. The summed E-state index contributed by atoms with van der Waals surface area (Å²) in [7, 11) is 3.06. The molecule has 1 heterocycles. The number of hydrogen-bond acceptors (Lipinski definition) is 8. The van der Waals surface area contributed by atoms with Gasteiger partial charge in [0.15, 0.2) is 0 Å². The highest BCUT2D eigenvalue weighted by atomic mass is 79.9. The Balaban J connectivity index is 2.16. The molecule has 10 heteroatoms. The van der Waals surface area contributed by atoms with Gasteiger partial charge in [0, 0.05) is 5.56 Å². The summed E-state index contributed by atoms with van der Waals surface area (Å²) in [6.07, 6.45) is 1.40. The molecule has 1 amide bonds. The van der Waals surface area contributed by atoms with Crippen LogP contribution in [0, 0.1) is 0 Å². The lowest BCUT2D eigenvalue weighted by atomic mass is 10.2. The molecule has 0 unspecified atom stereocenters. The van der Waals surface area contributed by atoms with E-state index in [1.54, 1.807) is 12.1 Å². The number of halogens is 1. The van der Waals surface area contributed by atoms with Gasteiger partial charge in [0.05, 0.1) is 24.9 Å². The Bertz CT molecular complexity index is 716. The summed E-state index contributed by atoms with van der Waals surface area (Å²) in [5.74, 6) is 0.389. The summed E-state index contributed by atoms with van der Waals surface area (Å²) < 4.78 is 15.5. The first kappa shape index (κ1) is 15.8. The van der Waals surface area contributed by atoms with Crippen LogP contribution >= 0.6 is 15.9 Å². The van der Waals surface area contributed by atoms with Gasteiger partial charge >= 0.3 is 0 Å². The Kier molecular flexibility index (Phi) is 4.94. The number of anilines is 1. The van der Waals surface area contributed by atoms with E-state index in [0.717, 1.165) is 4.47 Å². The number of nitrogen functional groups attached to an aromatic ring is 1. The number of carbonyl (C=O) groups is 1. The van der Waals surface area contributed by atoms with Crippen LogP contribution in [-0.4, -0.2) is 36.7 Å². The third-order valence-electron chi connectivity index (χ3n) is 2.60. The van der Waals surface area contributed by atoms with Gasteiger partial charge in [0.1, 0.15) is 11.5 Å². The maximum atomic E-state index is 11.7. The second-order valence-corrected chi connectivity index (χ2v) is 4.78. The zero-order chi connectivity index (χ0) is 16.1. The number of benzene rings is 1. The Morgan fingerprint density at radius 1 is 1.36 bits per heavy atom. The Hall–Kier alpha value is -2.62. The SMILES string of the molecule is COc1cc(/C=N/NC(=O)c2nonc2N)c(OC)cc1Br. The van der Waals surface area contributed by atoms with Crippen molar-refractivity contribution in [2.24, 2.45) is 5.10 Å². The highest BCUT2D eigenvalue weighted by Gasteiger charge is 2.15. The van der Waals surface area contributed by atoms with E-state index in [2.05, 4.69) is 41.4 Å². The number of hydrazone groups is 1. The largest absolute Gasteiger partial charge is 0.496 e. The smallest absolute Gasteiger partial charge is 0.297 e. The van der Waals surface area contributed by atoms with E-state index in [-0.39, 0.29) is 11.5 Å². The number of nitrogens with zero attached hydrogens (tertiary/aromatic N) is 3. The molecule has 0 aliphatic carbocycles.